The number of ether oxygens (including phenoxy) is 3. The van der Waals surface area contributed by atoms with E-state index in [2.05, 4.69) is 0 Å². The van der Waals surface area contributed by atoms with Crippen molar-refractivity contribution in [2.45, 2.75) is 19.3 Å². The number of carbonyl (C=O) groups is 1. The maximum absolute atomic E-state index is 11.5. The van der Waals surface area contributed by atoms with Crippen molar-refractivity contribution in [3.05, 3.63) is 23.8 Å². The third-order valence-corrected chi connectivity index (χ3v) is 2.83. The minimum atomic E-state index is -0.294. The van der Waals surface area contributed by atoms with Crippen LogP contribution < -0.4 is 9.47 Å². The summed E-state index contributed by atoms with van der Waals surface area (Å²) in [7, 11) is 1.39. The van der Waals surface area contributed by atoms with Crippen LogP contribution in [0.1, 0.15) is 24.8 Å². The first-order valence-corrected chi connectivity index (χ1v) is 5.69. The van der Waals surface area contributed by atoms with Gasteiger partial charge in [-0.3, -0.25) is 4.79 Å². The summed E-state index contributed by atoms with van der Waals surface area (Å²) in [4.78, 5) is 11.5. The van der Waals surface area contributed by atoms with Crippen molar-refractivity contribution in [2.75, 3.05) is 20.3 Å². The van der Waals surface area contributed by atoms with Gasteiger partial charge in [-0.05, 0) is 24.6 Å². The quantitative estimate of drug-likeness (QED) is 0.738. The third kappa shape index (κ3) is 2.52. The predicted octanol–water partition coefficient (Wildman–Crippen LogP) is 2.12. The first-order valence-electron chi connectivity index (χ1n) is 5.69. The number of benzene rings is 1. The summed E-state index contributed by atoms with van der Waals surface area (Å²) in [6.07, 6.45) is 0.872. The zero-order valence-corrected chi connectivity index (χ0v) is 10.1. The SMILES string of the molecule is COC(=O)C(C)c1ccc2c(c1)OCCCO2. The van der Waals surface area contributed by atoms with Gasteiger partial charge in [0, 0.05) is 6.42 Å². The molecule has 1 atom stereocenters. The summed E-state index contributed by atoms with van der Waals surface area (Å²) in [6, 6.07) is 5.56. The molecule has 0 amide bonds. The zero-order valence-electron chi connectivity index (χ0n) is 10.1. The molecule has 0 aromatic heterocycles. The Labute approximate surface area is 100 Å². The van der Waals surface area contributed by atoms with Crippen molar-refractivity contribution in [1.82, 2.24) is 0 Å². The summed E-state index contributed by atoms with van der Waals surface area (Å²) in [6.45, 7) is 3.12. The molecule has 0 spiro atoms. The lowest BCUT2D eigenvalue weighted by Crippen LogP contribution is -2.10. The normalized spacial score (nSPS) is 15.9. The van der Waals surface area contributed by atoms with Gasteiger partial charge < -0.3 is 14.2 Å². The number of hydrogen-bond acceptors (Lipinski definition) is 4. The van der Waals surface area contributed by atoms with Crippen LogP contribution in [0.5, 0.6) is 11.5 Å². The lowest BCUT2D eigenvalue weighted by atomic mass is 10.0. The summed E-state index contributed by atoms with van der Waals surface area (Å²) in [5.74, 6) is 0.899. The molecule has 2 rings (SSSR count). The van der Waals surface area contributed by atoms with Crippen LogP contribution in [0.4, 0.5) is 0 Å². The predicted molar refractivity (Wildman–Crippen MR) is 62.5 cm³/mol. The van der Waals surface area contributed by atoms with Gasteiger partial charge in [-0.1, -0.05) is 6.07 Å². The molecule has 1 aromatic carbocycles. The smallest absolute Gasteiger partial charge is 0.312 e. The van der Waals surface area contributed by atoms with E-state index in [0.717, 1.165) is 17.7 Å². The molecule has 0 fully saturated rings. The molecule has 1 heterocycles. The van der Waals surface area contributed by atoms with Crippen LogP contribution in [-0.4, -0.2) is 26.3 Å². The minimum absolute atomic E-state index is 0.250. The van der Waals surface area contributed by atoms with Crippen LogP contribution in [0.25, 0.3) is 0 Å². The Kier molecular flexibility index (Phi) is 3.52. The molecule has 4 heteroatoms. The average Bonchev–Trinajstić information content (AvgIpc) is 2.61. The highest BCUT2D eigenvalue weighted by Crippen LogP contribution is 2.32. The van der Waals surface area contributed by atoms with E-state index in [1.165, 1.54) is 7.11 Å². The molecule has 4 nitrogen and oxygen atoms in total. The van der Waals surface area contributed by atoms with Gasteiger partial charge in [0.15, 0.2) is 11.5 Å². The van der Waals surface area contributed by atoms with Gasteiger partial charge >= 0.3 is 5.97 Å². The summed E-state index contributed by atoms with van der Waals surface area (Å²) in [5.41, 5.74) is 0.876. The van der Waals surface area contributed by atoms with Gasteiger partial charge in [-0.15, -0.1) is 0 Å². The van der Waals surface area contributed by atoms with Crippen molar-refractivity contribution in [3.8, 4) is 11.5 Å². The fourth-order valence-electron chi connectivity index (χ4n) is 1.76. The van der Waals surface area contributed by atoms with Gasteiger partial charge in [0.25, 0.3) is 0 Å². The fraction of sp³-hybridized carbons (Fsp3) is 0.462. The van der Waals surface area contributed by atoms with Crippen LogP contribution in [-0.2, 0) is 9.53 Å². The number of methoxy groups -OCH3 is 1. The Bertz CT molecular complexity index is 414. The van der Waals surface area contributed by atoms with Gasteiger partial charge in [-0.2, -0.15) is 0 Å². The van der Waals surface area contributed by atoms with E-state index >= 15 is 0 Å². The standard InChI is InChI=1S/C13H16O4/c1-9(13(14)15-2)10-4-5-11-12(8-10)17-7-3-6-16-11/h4-5,8-9H,3,6-7H2,1-2H3. The number of hydrogen-bond donors (Lipinski definition) is 0. The lowest BCUT2D eigenvalue weighted by molar-refractivity contribution is -0.141. The molecular formula is C13H16O4. The third-order valence-electron chi connectivity index (χ3n) is 2.83. The van der Waals surface area contributed by atoms with Crippen LogP contribution in [0.15, 0.2) is 18.2 Å². The van der Waals surface area contributed by atoms with Gasteiger partial charge in [-0.25, -0.2) is 0 Å². The maximum Gasteiger partial charge on any atom is 0.312 e. The first-order chi connectivity index (χ1) is 8.22. The fourth-order valence-corrected chi connectivity index (χ4v) is 1.76. The first kappa shape index (κ1) is 11.8. The molecule has 92 valence electrons. The molecule has 0 saturated heterocycles. The summed E-state index contributed by atoms with van der Waals surface area (Å²) >= 11 is 0. The molecular weight excluding hydrogens is 220 g/mol. The van der Waals surface area contributed by atoms with Gasteiger partial charge in [0.1, 0.15) is 0 Å². The average molecular weight is 236 g/mol. The second kappa shape index (κ2) is 5.08. The largest absolute Gasteiger partial charge is 0.490 e. The Morgan fingerprint density at radius 1 is 1.29 bits per heavy atom. The van der Waals surface area contributed by atoms with E-state index in [0.29, 0.717) is 19.0 Å². The highest BCUT2D eigenvalue weighted by molar-refractivity contribution is 5.77. The lowest BCUT2D eigenvalue weighted by Gasteiger charge is -2.13. The van der Waals surface area contributed by atoms with Crippen LogP contribution in [0.2, 0.25) is 0 Å². The van der Waals surface area contributed by atoms with Crippen molar-refractivity contribution in [3.63, 3.8) is 0 Å². The number of fused-ring (bicyclic) bond motifs is 1. The molecule has 0 radical (unpaired) electrons. The van der Waals surface area contributed by atoms with E-state index in [4.69, 9.17) is 14.2 Å². The maximum atomic E-state index is 11.5. The molecule has 0 saturated carbocycles. The van der Waals surface area contributed by atoms with Crippen molar-refractivity contribution in [2.24, 2.45) is 0 Å². The molecule has 1 aromatic rings. The van der Waals surface area contributed by atoms with Gasteiger partial charge in [0.05, 0.1) is 26.2 Å². The number of rotatable bonds is 2. The molecule has 0 bridgehead atoms. The minimum Gasteiger partial charge on any atom is -0.490 e. The zero-order chi connectivity index (χ0) is 12.3. The van der Waals surface area contributed by atoms with E-state index < -0.39 is 0 Å². The van der Waals surface area contributed by atoms with Crippen LogP contribution >= 0.6 is 0 Å². The molecule has 1 aliphatic heterocycles. The van der Waals surface area contributed by atoms with Crippen LogP contribution in [0, 0.1) is 0 Å². The highest BCUT2D eigenvalue weighted by atomic mass is 16.5. The van der Waals surface area contributed by atoms with E-state index in [-0.39, 0.29) is 11.9 Å². The highest BCUT2D eigenvalue weighted by Gasteiger charge is 2.18. The molecule has 1 unspecified atom stereocenters. The molecule has 17 heavy (non-hydrogen) atoms. The van der Waals surface area contributed by atoms with E-state index in [1.54, 1.807) is 0 Å². The monoisotopic (exact) mass is 236 g/mol. The number of esters is 1. The molecule has 1 aliphatic rings. The Morgan fingerprint density at radius 3 is 2.71 bits per heavy atom. The van der Waals surface area contributed by atoms with Crippen molar-refractivity contribution in [1.29, 1.82) is 0 Å². The van der Waals surface area contributed by atoms with E-state index in [1.807, 2.05) is 25.1 Å². The second-order valence-corrected chi connectivity index (χ2v) is 4.00. The van der Waals surface area contributed by atoms with Gasteiger partial charge in [0.2, 0.25) is 0 Å². The van der Waals surface area contributed by atoms with Crippen LogP contribution in [0.3, 0.4) is 0 Å². The Hall–Kier alpha value is -1.71. The Balaban J connectivity index is 2.26. The Morgan fingerprint density at radius 2 is 2.00 bits per heavy atom. The summed E-state index contributed by atoms with van der Waals surface area (Å²) in [5, 5.41) is 0. The summed E-state index contributed by atoms with van der Waals surface area (Å²) < 4.78 is 15.8. The van der Waals surface area contributed by atoms with Crippen molar-refractivity contribution >= 4 is 5.97 Å². The topological polar surface area (TPSA) is 44.8 Å². The molecule has 0 N–H and O–H groups in total. The second-order valence-electron chi connectivity index (χ2n) is 4.00. The van der Waals surface area contributed by atoms with Crippen molar-refractivity contribution < 1.29 is 19.0 Å². The van der Waals surface area contributed by atoms with E-state index in [9.17, 15) is 4.79 Å². The number of carbonyl (C=O) groups excluding carboxylic acids is 1. The molecule has 0 aliphatic carbocycles.